The van der Waals surface area contributed by atoms with Crippen LogP contribution in [0.1, 0.15) is 56.1 Å². The topological polar surface area (TPSA) is 219 Å². The highest BCUT2D eigenvalue weighted by Crippen LogP contribution is 2.61. The lowest BCUT2D eigenvalue weighted by Crippen LogP contribution is -2.60. The van der Waals surface area contributed by atoms with E-state index in [0.29, 0.717) is 18.3 Å². The summed E-state index contributed by atoms with van der Waals surface area (Å²) in [6.45, 7) is 0.909. The Morgan fingerprint density at radius 2 is 1.28 bits per heavy atom. The van der Waals surface area contributed by atoms with Crippen molar-refractivity contribution in [2.75, 3.05) is 13.2 Å². The highest BCUT2D eigenvalue weighted by molar-refractivity contribution is 5.50. The minimum atomic E-state index is -1.68. The largest absolute Gasteiger partial charge is 0.458 e. The van der Waals surface area contributed by atoms with Gasteiger partial charge in [0, 0.05) is 0 Å². The molecule has 6 rings (SSSR count). The van der Waals surface area contributed by atoms with E-state index in [1.807, 2.05) is 0 Å². The molecule has 2 unspecified atom stereocenters. The van der Waals surface area contributed by atoms with Crippen LogP contribution in [0.3, 0.4) is 0 Å². The van der Waals surface area contributed by atoms with Crippen molar-refractivity contribution in [2.45, 2.75) is 119 Å². The van der Waals surface area contributed by atoms with Gasteiger partial charge in [-0.05, 0) is 85.0 Å². The minimum Gasteiger partial charge on any atom is -0.458 e. The van der Waals surface area contributed by atoms with Crippen LogP contribution in [0.2, 0.25) is 0 Å². The average Bonchev–Trinajstić information content (AvgIpc) is 3.31. The van der Waals surface area contributed by atoms with Gasteiger partial charge in [-0.15, -0.1) is 0 Å². The molecule has 13 heteroatoms. The van der Waals surface area contributed by atoms with Crippen LogP contribution >= 0.6 is 0 Å². The molecule has 2 aliphatic heterocycles. The van der Waals surface area contributed by atoms with E-state index in [4.69, 9.17) is 18.9 Å². The van der Waals surface area contributed by atoms with Crippen molar-refractivity contribution in [3.63, 3.8) is 0 Å². The van der Waals surface area contributed by atoms with Crippen molar-refractivity contribution in [3.8, 4) is 11.5 Å². The Morgan fingerprint density at radius 1 is 0.721 bits per heavy atom. The maximum absolute atomic E-state index is 10.8. The van der Waals surface area contributed by atoms with Crippen LogP contribution in [-0.2, 0) is 15.9 Å². The predicted octanol–water partition coefficient (Wildman–Crippen LogP) is -1.74. The Labute approximate surface area is 249 Å². The molecule has 13 nitrogen and oxygen atoms in total. The standard InChI is InChI=1S/C30H44O13/c1-30-7-6-13-14(16(30)4-5-21(30)33)3-2-12-8-17(40-28-26(38)24(36)22(34)19(10-31)42-28)18(9-15(12)13)41-29-27(39)25(37)23(35)20(11-32)43-29/h8-9,13-14,16,19-29,31-39H,2-7,10-11H2,1H3/t13-,14+,16-,19+,20+,21-,22+,23+,24-,25+,26+,27+,28?,29?,30-/m0/s1. The maximum Gasteiger partial charge on any atom is 0.229 e. The van der Waals surface area contributed by atoms with Crippen molar-refractivity contribution in [2.24, 2.45) is 17.3 Å². The van der Waals surface area contributed by atoms with E-state index in [1.54, 1.807) is 12.1 Å². The molecule has 1 aromatic carbocycles. The summed E-state index contributed by atoms with van der Waals surface area (Å²) in [5.41, 5.74) is 1.87. The smallest absolute Gasteiger partial charge is 0.229 e. The zero-order valence-electron chi connectivity index (χ0n) is 24.1. The Kier molecular flexibility index (Phi) is 8.72. The van der Waals surface area contributed by atoms with E-state index >= 15 is 0 Å². The minimum absolute atomic E-state index is 0.0652. The predicted molar refractivity (Wildman–Crippen MR) is 146 cm³/mol. The quantitative estimate of drug-likeness (QED) is 0.174. The summed E-state index contributed by atoms with van der Waals surface area (Å²) in [6.07, 6.45) is -10.5. The fraction of sp³-hybridized carbons (Fsp3) is 0.800. The summed E-state index contributed by atoms with van der Waals surface area (Å²) in [5, 5.41) is 92.5. The van der Waals surface area contributed by atoms with Crippen molar-refractivity contribution >= 4 is 0 Å². The molecule has 9 N–H and O–H groups in total. The van der Waals surface area contributed by atoms with Gasteiger partial charge in [-0.3, -0.25) is 0 Å². The molecule has 5 aliphatic rings. The highest BCUT2D eigenvalue weighted by Gasteiger charge is 2.55. The van der Waals surface area contributed by atoms with Gasteiger partial charge in [0.05, 0.1) is 19.3 Å². The summed E-state index contributed by atoms with van der Waals surface area (Å²) >= 11 is 0. The Hall–Kier alpha value is -1.62. The van der Waals surface area contributed by atoms with Crippen molar-refractivity contribution in [1.29, 1.82) is 0 Å². The third-order valence-electron chi connectivity index (χ3n) is 10.9. The first-order valence-corrected chi connectivity index (χ1v) is 15.3. The molecular formula is C30H44O13. The van der Waals surface area contributed by atoms with E-state index in [2.05, 4.69) is 6.92 Å². The molecule has 43 heavy (non-hydrogen) atoms. The number of aryl methyl sites for hydroxylation is 1. The van der Waals surface area contributed by atoms with Crippen LogP contribution in [0.4, 0.5) is 0 Å². The first kappa shape index (κ1) is 31.4. The molecule has 15 atom stereocenters. The molecule has 3 aliphatic carbocycles. The lowest BCUT2D eigenvalue weighted by molar-refractivity contribution is -0.282. The molecule has 2 heterocycles. The molecule has 0 spiro atoms. The summed E-state index contributed by atoms with van der Waals surface area (Å²) < 4.78 is 23.3. The van der Waals surface area contributed by atoms with Crippen LogP contribution in [0, 0.1) is 17.3 Å². The zero-order chi connectivity index (χ0) is 30.8. The molecule has 0 radical (unpaired) electrons. The first-order chi connectivity index (χ1) is 20.5. The van der Waals surface area contributed by atoms with E-state index in [9.17, 15) is 46.0 Å². The van der Waals surface area contributed by atoms with Crippen LogP contribution < -0.4 is 9.47 Å². The summed E-state index contributed by atoms with van der Waals surface area (Å²) in [6, 6.07) is 3.52. The van der Waals surface area contributed by atoms with Gasteiger partial charge in [0.1, 0.15) is 48.8 Å². The van der Waals surface area contributed by atoms with Gasteiger partial charge in [-0.25, -0.2) is 0 Å². The number of benzene rings is 1. The molecule has 2 saturated heterocycles. The second-order valence-electron chi connectivity index (χ2n) is 13.2. The zero-order valence-corrected chi connectivity index (χ0v) is 24.1. The average molecular weight is 613 g/mol. The van der Waals surface area contributed by atoms with E-state index in [-0.39, 0.29) is 28.9 Å². The van der Waals surface area contributed by atoms with Gasteiger partial charge in [0.2, 0.25) is 12.6 Å². The molecule has 2 saturated carbocycles. The number of aliphatic hydroxyl groups is 9. The van der Waals surface area contributed by atoms with E-state index < -0.39 is 74.6 Å². The van der Waals surface area contributed by atoms with Crippen LogP contribution in [0.15, 0.2) is 12.1 Å². The van der Waals surface area contributed by atoms with Crippen LogP contribution in [0.25, 0.3) is 0 Å². The number of aliphatic hydroxyl groups excluding tert-OH is 9. The third-order valence-corrected chi connectivity index (χ3v) is 10.9. The Morgan fingerprint density at radius 3 is 1.84 bits per heavy atom. The van der Waals surface area contributed by atoms with E-state index in [1.165, 1.54) is 0 Å². The van der Waals surface area contributed by atoms with Crippen molar-refractivity contribution < 1.29 is 64.9 Å². The SMILES string of the molecule is C[C@]12CC[C@@H]3c4cc(OC5O[C@H](CO)[C@@H](O)[C@@H](O)[C@H]5O)c(OC5O[C@H](CO)[C@@H](O)[C@H](O)[C@H]5O)cc4CC[C@H]3[C@@H]1CC[C@@H]2O. The van der Waals surface area contributed by atoms with Gasteiger partial charge in [0.25, 0.3) is 0 Å². The fourth-order valence-corrected chi connectivity index (χ4v) is 8.31. The number of rotatable bonds is 6. The monoisotopic (exact) mass is 612 g/mol. The van der Waals surface area contributed by atoms with Crippen LogP contribution in [-0.4, -0.2) is 127 Å². The molecule has 4 fully saturated rings. The first-order valence-electron chi connectivity index (χ1n) is 15.3. The lowest BCUT2D eigenvalue weighted by Gasteiger charge is -2.50. The van der Waals surface area contributed by atoms with Crippen LogP contribution in [0.5, 0.6) is 11.5 Å². The Bertz CT molecular complexity index is 1150. The molecule has 1 aromatic rings. The number of ether oxygens (including phenoxy) is 4. The molecule has 0 amide bonds. The normalized spacial score (nSPS) is 47.8. The molecular weight excluding hydrogens is 568 g/mol. The second-order valence-corrected chi connectivity index (χ2v) is 13.2. The second kappa shape index (κ2) is 12.0. The number of hydrogen-bond donors (Lipinski definition) is 9. The lowest BCUT2D eigenvalue weighted by atomic mass is 9.55. The van der Waals surface area contributed by atoms with Gasteiger partial charge in [0.15, 0.2) is 11.5 Å². The summed E-state index contributed by atoms with van der Waals surface area (Å²) in [5.74, 6) is 1.02. The van der Waals surface area contributed by atoms with Gasteiger partial charge >= 0.3 is 0 Å². The third kappa shape index (κ3) is 5.26. The van der Waals surface area contributed by atoms with Gasteiger partial charge < -0.3 is 64.9 Å². The molecule has 0 bridgehead atoms. The van der Waals surface area contributed by atoms with Gasteiger partial charge in [-0.1, -0.05) is 6.92 Å². The molecule has 242 valence electrons. The summed E-state index contributed by atoms with van der Waals surface area (Å²) in [7, 11) is 0. The molecule has 0 aromatic heterocycles. The van der Waals surface area contributed by atoms with Gasteiger partial charge in [-0.2, -0.15) is 0 Å². The fourth-order valence-electron chi connectivity index (χ4n) is 8.31. The maximum atomic E-state index is 10.8. The highest BCUT2D eigenvalue weighted by atomic mass is 16.7. The summed E-state index contributed by atoms with van der Waals surface area (Å²) in [4.78, 5) is 0. The Balaban J connectivity index is 1.35. The number of hydrogen-bond acceptors (Lipinski definition) is 13. The van der Waals surface area contributed by atoms with Crippen molar-refractivity contribution in [3.05, 3.63) is 23.3 Å². The number of fused-ring (bicyclic) bond motifs is 5. The van der Waals surface area contributed by atoms with E-state index in [0.717, 1.165) is 43.2 Å². The van der Waals surface area contributed by atoms with Crippen molar-refractivity contribution in [1.82, 2.24) is 0 Å².